The Morgan fingerprint density at radius 1 is 1.11 bits per heavy atom. The molecule has 0 aliphatic carbocycles. The first kappa shape index (κ1) is 25.4. The van der Waals surface area contributed by atoms with Crippen LogP contribution in [0.25, 0.3) is 0 Å². The van der Waals surface area contributed by atoms with E-state index >= 15 is 0 Å². The van der Waals surface area contributed by atoms with E-state index in [0.717, 1.165) is 44.8 Å². The van der Waals surface area contributed by atoms with Gasteiger partial charge in [-0.3, -0.25) is 19.3 Å². The van der Waals surface area contributed by atoms with E-state index in [-0.39, 0.29) is 29.7 Å². The summed E-state index contributed by atoms with van der Waals surface area (Å²) in [6, 6.07) is 6.13. The SMILES string of the molecule is CC(=O)N(C)[C@@H](C)C(=O)N1CCC2(CC1)C[C@H](CCN1CCN(c3ccc(F)cc3)CC1)OC2=O. The number of piperazine rings is 1. The fourth-order valence-electron chi connectivity index (χ4n) is 5.47. The van der Waals surface area contributed by atoms with Crippen LogP contribution in [0.4, 0.5) is 10.1 Å². The second kappa shape index (κ2) is 10.5. The second-order valence-electron chi connectivity index (χ2n) is 10.2. The minimum absolute atomic E-state index is 0.0692. The van der Waals surface area contributed by atoms with Crippen molar-refractivity contribution in [2.75, 3.05) is 57.8 Å². The molecular weight excluding hydrogens is 451 g/mol. The number of cyclic esters (lactones) is 1. The highest BCUT2D eigenvalue weighted by atomic mass is 19.1. The number of hydrogen-bond acceptors (Lipinski definition) is 6. The third kappa shape index (κ3) is 5.60. The number of likely N-dealkylation sites (tertiary alicyclic amines) is 1. The smallest absolute Gasteiger partial charge is 0.312 e. The van der Waals surface area contributed by atoms with E-state index in [0.29, 0.717) is 32.4 Å². The van der Waals surface area contributed by atoms with Crippen molar-refractivity contribution in [2.45, 2.75) is 51.7 Å². The van der Waals surface area contributed by atoms with Gasteiger partial charge in [0.15, 0.2) is 0 Å². The molecule has 3 aliphatic rings. The van der Waals surface area contributed by atoms with Gasteiger partial charge in [0.1, 0.15) is 18.0 Å². The number of esters is 1. The van der Waals surface area contributed by atoms with Crippen LogP contribution in [0.2, 0.25) is 0 Å². The van der Waals surface area contributed by atoms with Crippen molar-refractivity contribution >= 4 is 23.5 Å². The number of hydrogen-bond donors (Lipinski definition) is 0. The van der Waals surface area contributed by atoms with Crippen LogP contribution in [0.3, 0.4) is 0 Å². The van der Waals surface area contributed by atoms with Crippen LogP contribution >= 0.6 is 0 Å². The van der Waals surface area contributed by atoms with Crippen molar-refractivity contribution in [3.05, 3.63) is 30.1 Å². The molecule has 3 heterocycles. The molecule has 2 amide bonds. The van der Waals surface area contributed by atoms with Crippen molar-refractivity contribution in [3.63, 3.8) is 0 Å². The number of anilines is 1. The van der Waals surface area contributed by atoms with Gasteiger partial charge in [-0.05, 0) is 50.5 Å². The highest BCUT2D eigenvalue weighted by Gasteiger charge is 2.51. The number of nitrogens with zero attached hydrogens (tertiary/aromatic N) is 4. The van der Waals surface area contributed by atoms with Crippen LogP contribution < -0.4 is 4.90 Å². The van der Waals surface area contributed by atoms with Crippen LogP contribution in [0.15, 0.2) is 24.3 Å². The number of ether oxygens (including phenoxy) is 1. The number of piperidine rings is 1. The van der Waals surface area contributed by atoms with E-state index in [1.54, 1.807) is 18.9 Å². The van der Waals surface area contributed by atoms with Crippen LogP contribution in [-0.2, 0) is 19.1 Å². The van der Waals surface area contributed by atoms with Crippen LogP contribution in [0, 0.1) is 11.2 Å². The normalized spacial score (nSPS) is 23.3. The summed E-state index contributed by atoms with van der Waals surface area (Å²) in [6.07, 6.45) is 2.67. The Morgan fingerprint density at radius 3 is 2.34 bits per heavy atom. The lowest BCUT2D eigenvalue weighted by Crippen LogP contribution is -2.51. The van der Waals surface area contributed by atoms with Gasteiger partial charge in [-0.1, -0.05) is 0 Å². The summed E-state index contributed by atoms with van der Waals surface area (Å²) in [6.45, 7) is 8.74. The lowest BCUT2D eigenvalue weighted by molar-refractivity contribution is -0.153. The molecule has 0 bridgehead atoms. The predicted octanol–water partition coefficient (Wildman–Crippen LogP) is 2.13. The molecule has 3 aliphatic heterocycles. The molecule has 3 saturated heterocycles. The zero-order valence-electron chi connectivity index (χ0n) is 21.0. The Bertz CT molecular complexity index is 924. The third-order valence-electron chi connectivity index (χ3n) is 8.12. The molecule has 9 heteroatoms. The van der Waals surface area contributed by atoms with Gasteiger partial charge < -0.3 is 19.4 Å². The summed E-state index contributed by atoms with van der Waals surface area (Å²) in [7, 11) is 1.64. The molecular formula is C26H37FN4O4. The summed E-state index contributed by atoms with van der Waals surface area (Å²) in [5.41, 5.74) is 0.559. The largest absolute Gasteiger partial charge is 0.462 e. The van der Waals surface area contributed by atoms with Crippen molar-refractivity contribution in [1.82, 2.24) is 14.7 Å². The number of likely N-dealkylation sites (N-methyl/N-ethyl adjacent to an activating group) is 1. The van der Waals surface area contributed by atoms with Crippen molar-refractivity contribution in [2.24, 2.45) is 5.41 Å². The van der Waals surface area contributed by atoms with Crippen LogP contribution in [0.5, 0.6) is 0 Å². The molecule has 0 N–H and O–H groups in total. The zero-order valence-corrected chi connectivity index (χ0v) is 21.0. The van der Waals surface area contributed by atoms with Crippen molar-refractivity contribution < 1.29 is 23.5 Å². The molecule has 1 aromatic rings. The Labute approximate surface area is 207 Å². The first-order valence-corrected chi connectivity index (χ1v) is 12.6. The summed E-state index contributed by atoms with van der Waals surface area (Å²) in [4.78, 5) is 45.1. The molecule has 0 radical (unpaired) electrons. The van der Waals surface area contributed by atoms with E-state index in [4.69, 9.17) is 4.74 Å². The fraction of sp³-hybridized carbons (Fsp3) is 0.654. The molecule has 8 nitrogen and oxygen atoms in total. The molecule has 1 aromatic carbocycles. The number of halogens is 1. The lowest BCUT2D eigenvalue weighted by atomic mass is 9.75. The van der Waals surface area contributed by atoms with E-state index in [9.17, 15) is 18.8 Å². The molecule has 0 saturated carbocycles. The minimum atomic E-state index is -0.506. The van der Waals surface area contributed by atoms with Gasteiger partial charge in [0.05, 0.1) is 5.41 Å². The summed E-state index contributed by atoms with van der Waals surface area (Å²) in [5.74, 6) is -0.549. The maximum absolute atomic E-state index is 13.2. The molecule has 3 fully saturated rings. The molecule has 0 aromatic heterocycles. The van der Waals surface area contributed by atoms with Gasteiger partial charge in [0, 0.05) is 71.9 Å². The van der Waals surface area contributed by atoms with Crippen molar-refractivity contribution in [1.29, 1.82) is 0 Å². The molecule has 1 spiro atoms. The van der Waals surface area contributed by atoms with Gasteiger partial charge in [0.2, 0.25) is 11.8 Å². The number of rotatable bonds is 6. The number of benzene rings is 1. The maximum Gasteiger partial charge on any atom is 0.312 e. The highest BCUT2D eigenvalue weighted by Crippen LogP contribution is 2.44. The van der Waals surface area contributed by atoms with E-state index in [2.05, 4.69) is 9.80 Å². The predicted molar refractivity (Wildman–Crippen MR) is 130 cm³/mol. The number of carbonyl (C=O) groups is 3. The van der Waals surface area contributed by atoms with E-state index in [1.165, 1.54) is 24.0 Å². The number of carbonyl (C=O) groups excluding carboxylic acids is 3. The van der Waals surface area contributed by atoms with E-state index < -0.39 is 11.5 Å². The second-order valence-corrected chi connectivity index (χ2v) is 10.2. The topological polar surface area (TPSA) is 73.4 Å². The Balaban J connectivity index is 1.21. The summed E-state index contributed by atoms with van der Waals surface area (Å²) >= 11 is 0. The van der Waals surface area contributed by atoms with Gasteiger partial charge >= 0.3 is 5.97 Å². The van der Waals surface area contributed by atoms with Crippen molar-refractivity contribution in [3.8, 4) is 0 Å². The average molecular weight is 489 g/mol. The number of amides is 2. The molecule has 192 valence electrons. The quantitative estimate of drug-likeness (QED) is 0.572. The average Bonchev–Trinajstić information content (AvgIpc) is 3.17. The first-order chi connectivity index (χ1) is 16.7. The lowest BCUT2D eigenvalue weighted by Gasteiger charge is -2.38. The Morgan fingerprint density at radius 2 is 1.74 bits per heavy atom. The van der Waals surface area contributed by atoms with Gasteiger partial charge in [-0.25, -0.2) is 4.39 Å². The Kier molecular flexibility index (Phi) is 7.64. The van der Waals surface area contributed by atoms with Gasteiger partial charge in [-0.2, -0.15) is 0 Å². The van der Waals surface area contributed by atoms with Gasteiger partial charge in [0.25, 0.3) is 0 Å². The molecule has 2 atom stereocenters. The van der Waals surface area contributed by atoms with E-state index in [1.807, 2.05) is 12.1 Å². The molecule has 0 unspecified atom stereocenters. The standard InChI is InChI=1S/C26H37FN4O4/c1-19(28(3)20(2)32)24(33)31-12-9-26(10-13-31)18-23(35-25(26)34)8-11-29-14-16-30(17-15-29)22-6-4-21(27)5-7-22/h4-7,19,23H,8-18H2,1-3H3/t19-,23-/m0/s1. The Hall–Kier alpha value is -2.68. The monoisotopic (exact) mass is 488 g/mol. The van der Waals surface area contributed by atoms with Crippen LogP contribution in [0.1, 0.15) is 39.5 Å². The molecule has 35 heavy (non-hydrogen) atoms. The summed E-state index contributed by atoms with van der Waals surface area (Å²) < 4.78 is 19.0. The first-order valence-electron chi connectivity index (χ1n) is 12.6. The maximum atomic E-state index is 13.2. The zero-order chi connectivity index (χ0) is 25.2. The minimum Gasteiger partial charge on any atom is -0.462 e. The molecule has 4 rings (SSSR count). The third-order valence-corrected chi connectivity index (χ3v) is 8.12. The summed E-state index contributed by atoms with van der Waals surface area (Å²) in [5, 5.41) is 0. The van der Waals surface area contributed by atoms with Gasteiger partial charge in [-0.15, -0.1) is 0 Å². The van der Waals surface area contributed by atoms with Crippen LogP contribution in [-0.4, -0.2) is 97.5 Å². The fourth-order valence-corrected chi connectivity index (χ4v) is 5.47. The highest BCUT2D eigenvalue weighted by molar-refractivity contribution is 5.87.